The first-order valence-electron chi connectivity index (χ1n) is 11.6. The minimum atomic E-state index is -0.631. The number of carbonyl (C=O) groups excluding carboxylic acids is 2. The van der Waals surface area contributed by atoms with E-state index in [4.69, 9.17) is 10.2 Å². The van der Waals surface area contributed by atoms with Gasteiger partial charge in [0.15, 0.2) is 5.13 Å². The lowest BCUT2D eigenvalue weighted by molar-refractivity contribution is -0.118. The van der Waals surface area contributed by atoms with Gasteiger partial charge in [0.2, 0.25) is 0 Å². The number of thiazole rings is 1. The lowest BCUT2D eigenvalue weighted by Gasteiger charge is -2.17. The number of nitrogens with one attached hydrogen (secondary N) is 1. The Labute approximate surface area is 216 Å². The van der Waals surface area contributed by atoms with E-state index in [9.17, 15) is 14.9 Å². The van der Waals surface area contributed by atoms with E-state index in [0.29, 0.717) is 34.8 Å². The Morgan fingerprint density at radius 3 is 2.81 bits per heavy atom. The van der Waals surface area contributed by atoms with Gasteiger partial charge in [-0.1, -0.05) is 11.3 Å². The van der Waals surface area contributed by atoms with Crippen LogP contribution in [-0.4, -0.2) is 62.3 Å². The predicted octanol–water partition coefficient (Wildman–Crippen LogP) is 2.86. The van der Waals surface area contributed by atoms with Gasteiger partial charge in [0, 0.05) is 43.2 Å². The average molecular weight is 514 g/mol. The second-order valence-corrected chi connectivity index (χ2v) is 9.71. The quantitative estimate of drug-likeness (QED) is 0.404. The zero-order valence-corrected chi connectivity index (χ0v) is 21.0. The number of aromatic nitrogens is 4. The maximum Gasteiger partial charge on any atom is 0.253 e. The van der Waals surface area contributed by atoms with Crippen LogP contribution in [0.5, 0.6) is 0 Å². The summed E-state index contributed by atoms with van der Waals surface area (Å²) in [5.41, 5.74) is 6.15. The highest BCUT2D eigenvalue weighted by molar-refractivity contribution is 7.19. The molecular weight excluding hydrogens is 490 g/mol. The number of hydrogen-bond acceptors (Lipinski definition) is 8. The number of nitrogens with zero attached hydrogens (tertiary/aromatic N) is 6. The molecule has 4 aromatic rings. The van der Waals surface area contributed by atoms with Gasteiger partial charge in [0.25, 0.3) is 11.8 Å². The van der Waals surface area contributed by atoms with Crippen molar-refractivity contribution in [1.82, 2.24) is 24.6 Å². The molecule has 0 saturated heterocycles. The fourth-order valence-corrected chi connectivity index (χ4v) is 5.49. The van der Waals surface area contributed by atoms with Crippen molar-refractivity contribution in [3.63, 3.8) is 0 Å². The lowest BCUT2D eigenvalue weighted by Crippen LogP contribution is -2.22. The first-order chi connectivity index (χ1) is 17.9. The van der Waals surface area contributed by atoms with Gasteiger partial charge < -0.3 is 10.0 Å². The average Bonchev–Trinajstić information content (AvgIpc) is 3.49. The van der Waals surface area contributed by atoms with E-state index in [2.05, 4.69) is 21.4 Å². The van der Waals surface area contributed by atoms with E-state index in [1.807, 2.05) is 22.9 Å². The summed E-state index contributed by atoms with van der Waals surface area (Å²) in [6, 6.07) is 11.3. The Morgan fingerprint density at radius 2 is 2.11 bits per heavy atom. The summed E-state index contributed by atoms with van der Waals surface area (Å²) >= 11 is 1.31. The molecule has 186 valence electrons. The molecule has 5 rings (SSSR count). The number of benzene rings is 1. The van der Waals surface area contributed by atoms with Gasteiger partial charge in [-0.25, -0.2) is 9.67 Å². The van der Waals surface area contributed by atoms with Gasteiger partial charge in [-0.05, 0) is 48.7 Å². The molecule has 0 spiro atoms. The third-order valence-electron chi connectivity index (χ3n) is 6.06. The number of anilines is 1. The minimum absolute atomic E-state index is 0.0914. The second kappa shape index (κ2) is 9.93. The van der Waals surface area contributed by atoms with E-state index < -0.39 is 12.5 Å². The van der Waals surface area contributed by atoms with E-state index >= 15 is 0 Å². The first-order valence-corrected chi connectivity index (χ1v) is 12.4. The molecular formula is C26H23N7O3S. The Hall–Kier alpha value is -4.40. The number of aliphatic hydroxyl groups is 1. The van der Waals surface area contributed by atoms with Gasteiger partial charge in [-0.2, -0.15) is 10.4 Å². The largest absolute Gasteiger partial charge is 0.387 e. The van der Waals surface area contributed by atoms with Crippen molar-refractivity contribution in [3.05, 3.63) is 65.1 Å². The summed E-state index contributed by atoms with van der Waals surface area (Å²) in [6.07, 6.45) is 4.89. The third kappa shape index (κ3) is 4.48. The zero-order chi connectivity index (χ0) is 26.1. The number of aryl methyl sites for hydroxylation is 1. The van der Waals surface area contributed by atoms with E-state index in [0.717, 1.165) is 33.1 Å². The molecule has 0 saturated carbocycles. The van der Waals surface area contributed by atoms with Crippen LogP contribution in [0.1, 0.15) is 27.2 Å². The van der Waals surface area contributed by atoms with Crippen molar-refractivity contribution in [3.8, 4) is 33.6 Å². The normalized spacial score (nSPS) is 11.8. The van der Waals surface area contributed by atoms with Crippen LogP contribution in [0.2, 0.25) is 0 Å². The van der Waals surface area contributed by atoms with Crippen LogP contribution in [0.4, 0.5) is 5.13 Å². The number of fused-ring (bicyclic) bond motifs is 3. The molecule has 0 bridgehead atoms. The number of carbonyl (C=O) groups is 2. The molecule has 11 heteroatoms. The highest BCUT2D eigenvalue weighted by Gasteiger charge is 2.31. The Kier molecular flexibility index (Phi) is 6.52. The zero-order valence-electron chi connectivity index (χ0n) is 20.2. The monoisotopic (exact) mass is 513 g/mol. The van der Waals surface area contributed by atoms with Crippen LogP contribution in [0.3, 0.4) is 0 Å². The van der Waals surface area contributed by atoms with Crippen LogP contribution in [0.25, 0.3) is 27.5 Å². The molecule has 2 amide bonds. The van der Waals surface area contributed by atoms with Gasteiger partial charge in [0.1, 0.15) is 6.61 Å². The standard InChI is InChI=1S/C26H23N7O3S/c1-32(2)25(36)16-5-8-20(15(12-16)9-10-27)33-23-18(22(31-33)17-4-3-11-28-13-17)6-7-19-24(23)37-26(29-19)30-21(35)14-34/h3-5,8,11-13,34H,6-7,9,14H2,1-2H3,(H,29,30,35). The number of pyridine rings is 1. The van der Waals surface area contributed by atoms with Crippen molar-refractivity contribution in [2.45, 2.75) is 19.3 Å². The molecule has 1 aromatic carbocycles. The molecule has 0 atom stereocenters. The topological polar surface area (TPSA) is 137 Å². The molecule has 10 nitrogen and oxygen atoms in total. The van der Waals surface area contributed by atoms with Gasteiger partial charge >= 0.3 is 0 Å². The summed E-state index contributed by atoms with van der Waals surface area (Å²) in [5.74, 6) is -0.688. The fourth-order valence-electron chi connectivity index (χ4n) is 4.40. The van der Waals surface area contributed by atoms with E-state index in [-0.39, 0.29) is 12.3 Å². The molecule has 0 unspecified atom stereocenters. The Balaban J connectivity index is 1.73. The van der Waals surface area contributed by atoms with Gasteiger partial charge in [0.05, 0.1) is 40.1 Å². The second-order valence-electron chi connectivity index (χ2n) is 8.71. The number of amides is 2. The van der Waals surface area contributed by atoms with Crippen LogP contribution < -0.4 is 5.32 Å². The van der Waals surface area contributed by atoms with Crippen molar-refractivity contribution in [2.75, 3.05) is 26.0 Å². The molecule has 2 N–H and O–H groups in total. The molecule has 1 aliphatic rings. The van der Waals surface area contributed by atoms with Crippen LogP contribution in [-0.2, 0) is 24.1 Å². The summed E-state index contributed by atoms with van der Waals surface area (Å²) in [6.45, 7) is -0.631. The summed E-state index contributed by atoms with van der Waals surface area (Å²) in [7, 11) is 3.37. The molecule has 0 radical (unpaired) electrons. The molecule has 0 fully saturated rings. The molecule has 37 heavy (non-hydrogen) atoms. The molecule has 3 heterocycles. The highest BCUT2D eigenvalue weighted by Crippen LogP contribution is 2.44. The third-order valence-corrected chi connectivity index (χ3v) is 7.08. The molecule has 0 aliphatic heterocycles. The van der Waals surface area contributed by atoms with Crippen LogP contribution in [0, 0.1) is 11.3 Å². The summed E-state index contributed by atoms with van der Waals surface area (Å²) in [5, 5.41) is 26.7. The smallest absolute Gasteiger partial charge is 0.253 e. The predicted molar refractivity (Wildman–Crippen MR) is 138 cm³/mol. The van der Waals surface area contributed by atoms with Crippen molar-refractivity contribution in [2.24, 2.45) is 0 Å². The molecule has 3 aromatic heterocycles. The van der Waals surface area contributed by atoms with Crippen molar-refractivity contribution < 1.29 is 14.7 Å². The Morgan fingerprint density at radius 1 is 1.27 bits per heavy atom. The maximum absolute atomic E-state index is 12.6. The lowest BCUT2D eigenvalue weighted by atomic mass is 9.95. The fraction of sp³-hybridized carbons (Fsp3) is 0.231. The summed E-state index contributed by atoms with van der Waals surface area (Å²) < 4.78 is 1.81. The number of aliphatic hydroxyl groups excluding tert-OH is 1. The van der Waals surface area contributed by atoms with E-state index in [1.165, 1.54) is 16.2 Å². The SMILES string of the molecule is CN(C)C(=O)c1ccc(-n2nc(-c3cccnc3)c3c2-c2sc(NC(=O)CO)nc2CC3)c(CC#N)c1. The number of hydrogen-bond donors (Lipinski definition) is 2. The summed E-state index contributed by atoms with van der Waals surface area (Å²) in [4.78, 5) is 35.6. The van der Waals surface area contributed by atoms with Gasteiger partial charge in [-0.3, -0.25) is 19.9 Å². The number of nitriles is 1. The number of rotatable bonds is 6. The van der Waals surface area contributed by atoms with Crippen molar-refractivity contribution in [1.29, 1.82) is 5.26 Å². The van der Waals surface area contributed by atoms with Gasteiger partial charge in [-0.15, -0.1) is 0 Å². The maximum atomic E-state index is 12.6. The molecule has 1 aliphatic carbocycles. The minimum Gasteiger partial charge on any atom is -0.387 e. The first kappa shape index (κ1) is 24.3. The van der Waals surface area contributed by atoms with Crippen LogP contribution >= 0.6 is 11.3 Å². The highest BCUT2D eigenvalue weighted by atomic mass is 32.1. The van der Waals surface area contributed by atoms with Crippen LogP contribution in [0.15, 0.2) is 42.7 Å². The van der Waals surface area contributed by atoms with Crippen molar-refractivity contribution >= 4 is 28.3 Å². The van der Waals surface area contributed by atoms with E-state index in [1.54, 1.807) is 38.6 Å². The Bertz CT molecular complexity index is 1550.